The van der Waals surface area contributed by atoms with Gasteiger partial charge in [-0.05, 0) is 31.0 Å². The van der Waals surface area contributed by atoms with Crippen LogP contribution in [0.1, 0.15) is 25.3 Å². The quantitative estimate of drug-likeness (QED) is 0.846. The van der Waals surface area contributed by atoms with Gasteiger partial charge in [-0.3, -0.25) is 4.79 Å². The molecule has 0 saturated heterocycles. The summed E-state index contributed by atoms with van der Waals surface area (Å²) in [6.07, 6.45) is 3.40. The Hall–Kier alpha value is -2.35. The third kappa shape index (κ3) is 4.73. The van der Waals surface area contributed by atoms with Gasteiger partial charge in [0.2, 0.25) is 5.91 Å². The van der Waals surface area contributed by atoms with E-state index in [-0.39, 0.29) is 5.91 Å². The molecule has 0 atom stereocenters. The Morgan fingerprint density at radius 3 is 2.20 bits per heavy atom. The molecular formula is C18H19NO. The molecule has 0 radical (unpaired) electrons. The van der Waals surface area contributed by atoms with Gasteiger partial charge in [-0.1, -0.05) is 60.2 Å². The number of amides is 1. The molecule has 1 amide bonds. The fraction of sp³-hybridized carbons (Fsp3) is 0.167. The molecule has 1 N–H and O–H groups in total. The number of anilines is 1. The molecule has 0 aromatic heterocycles. The van der Waals surface area contributed by atoms with Crippen LogP contribution in [0.15, 0.2) is 66.2 Å². The predicted molar refractivity (Wildman–Crippen MR) is 84.4 cm³/mol. The first kappa shape index (κ1) is 14.1. The standard InChI is InChI=1S/C18H19NO/c1-15(14-16-8-4-2-5-9-16)12-13-18(20)19-17-10-6-3-7-11-17/h2-11,14H,12-13H2,1H3,(H,19,20)/b15-14-. The van der Waals surface area contributed by atoms with Crippen LogP contribution in [0.5, 0.6) is 0 Å². The van der Waals surface area contributed by atoms with E-state index in [1.54, 1.807) is 0 Å². The van der Waals surface area contributed by atoms with Crippen molar-refractivity contribution in [3.8, 4) is 0 Å². The van der Waals surface area contributed by atoms with E-state index in [4.69, 9.17) is 0 Å². The average Bonchev–Trinajstić information content (AvgIpc) is 2.47. The predicted octanol–water partition coefficient (Wildman–Crippen LogP) is 4.51. The number of allylic oxidation sites excluding steroid dienone is 1. The highest BCUT2D eigenvalue weighted by Gasteiger charge is 2.02. The van der Waals surface area contributed by atoms with Crippen molar-refractivity contribution in [3.05, 3.63) is 71.8 Å². The Morgan fingerprint density at radius 2 is 1.55 bits per heavy atom. The van der Waals surface area contributed by atoms with Crippen molar-refractivity contribution in [1.29, 1.82) is 0 Å². The highest BCUT2D eigenvalue weighted by Crippen LogP contribution is 2.12. The van der Waals surface area contributed by atoms with E-state index in [0.717, 1.165) is 12.1 Å². The molecular weight excluding hydrogens is 246 g/mol. The minimum Gasteiger partial charge on any atom is -0.326 e. The topological polar surface area (TPSA) is 29.1 Å². The molecule has 20 heavy (non-hydrogen) atoms. The summed E-state index contributed by atoms with van der Waals surface area (Å²) in [6.45, 7) is 2.06. The second-order valence-electron chi connectivity index (χ2n) is 4.82. The normalized spacial score (nSPS) is 11.2. The van der Waals surface area contributed by atoms with E-state index >= 15 is 0 Å². The van der Waals surface area contributed by atoms with Crippen LogP contribution in [-0.4, -0.2) is 5.91 Å². The summed E-state index contributed by atoms with van der Waals surface area (Å²) in [4.78, 5) is 11.8. The number of carbonyl (C=O) groups is 1. The van der Waals surface area contributed by atoms with E-state index in [1.165, 1.54) is 11.1 Å². The molecule has 0 aliphatic carbocycles. The Balaban J connectivity index is 1.83. The third-order valence-electron chi connectivity index (χ3n) is 3.02. The van der Waals surface area contributed by atoms with Gasteiger partial charge in [0.05, 0.1) is 0 Å². The minimum absolute atomic E-state index is 0.0528. The van der Waals surface area contributed by atoms with Gasteiger partial charge in [-0.15, -0.1) is 0 Å². The summed E-state index contributed by atoms with van der Waals surface area (Å²) >= 11 is 0. The van der Waals surface area contributed by atoms with Crippen LogP contribution in [0.4, 0.5) is 5.69 Å². The van der Waals surface area contributed by atoms with Crippen LogP contribution in [0.2, 0.25) is 0 Å². The van der Waals surface area contributed by atoms with Crippen molar-refractivity contribution in [3.63, 3.8) is 0 Å². The Kier molecular flexibility index (Phi) is 5.13. The largest absolute Gasteiger partial charge is 0.326 e. The number of benzene rings is 2. The third-order valence-corrected chi connectivity index (χ3v) is 3.02. The van der Waals surface area contributed by atoms with E-state index in [2.05, 4.69) is 30.4 Å². The summed E-state index contributed by atoms with van der Waals surface area (Å²) < 4.78 is 0. The van der Waals surface area contributed by atoms with Crippen LogP contribution in [0.3, 0.4) is 0 Å². The first-order valence-electron chi connectivity index (χ1n) is 6.81. The van der Waals surface area contributed by atoms with Gasteiger partial charge in [0.1, 0.15) is 0 Å². The average molecular weight is 265 g/mol. The zero-order valence-electron chi connectivity index (χ0n) is 11.7. The second kappa shape index (κ2) is 7.29. The van der Waals surface area contributed by atoms with E-state index in [0.29, 0.717) is 6.42 Å². The maximum absolute atomic E-state index is 11.8. The Labute approximate surface area is 120 Å². The minimum atomic E-state index is 0.0528. The summed E-state index contributed by atoms with van der Waals surface area (Å²) in [5.74, 6) is 0.0528. The van der Waals surface area contributed by atoms with Crippen LogP contribution in [0, 0.1) is 0 Å². The lowest BCUT2D eigenvalue weighted by molar-refractivity contribution is -0.116. The van der Waals surface area contributed by atoms with Crippen molar-refractivity contribution < 1.29 is 4.79 Å². The van der Waals surface area contributed by atoms with Gasteiger partial charge < -0.3 is 5.32 Å². The van der Waals surface area contributed by atoms with Crippen molar-refractivity contribution in [1.82, 2.24) is 0 Å². The molecule has 2 aromatic carbocycles. The van der Waals surface area contributed by atoms with Crippen LogP contribution in [0.25, 0.3) is 6.08 Å². The lowest BCUT2D eigenvalue weighted by atomic mass is 10.1. The highest BCUT2D eigenvalue weighted by atomic mass is 16.1. The van der Waals surface area contributed by atoms with Crippen LogP contribution < -0.4 is 5.32 Å². The molecule has 0 bridgehead atoms. The van der Waals surface area contributed by atoms with E-state index in [1.807, 2.05) is 48.5 Å². The summed E-state index contributed by atoms with van der Waals surface area (Å²) in [6, 6.07) is 19.7. The van der Waals surface area contributed by atoms with Crippen molar-refractivity contribution in [2.45, 2.75) is 19.8 Å². The summed E-state index contributed by atoms with van der Waals surface area (Å²) in [7, 11) is 0. The molecule has 2 aromatic rings. The molecule has 0 fully saturated rings. The number of hydrogen-bond acceptors (Lipinski definition) is 1. The van der Waals surface area contributed by atoms with Gasteiger partial charge in [-0.2, -0.15) is 0 Å². The van der Waals surface area contributed by atoms with E-state index < -0.39 is 0 Å². The number of para-hydroxylation sites is 1. The van der Waals surface area contributed by atoms with Crippen molar-refractivity contribution in [2.24, 2.45) is 0 Å². The molecule has 0 aliphatic rings. The molecule has 0 spiro atoms. The van der Waals surface area contributed by atoms with Gasteiger partial charge in [0.15, 0.2) is 0 Å². The van der Waals surface area contributed by atoms with Gasteiger partial charge in [0.25, 0.3) is 0 Å². The second-order valence-corrected chi connectivity index (χ2v) is 4.82. The van der Waals surface area contributed by atoms with Crippen LogP contribution in [-0.2, 0) is 4.79 Å². The summed E-state index contributed by atoms with van der Waals surface area (Å²) in [5, 5.41) is 2.89. The molecule has 102 valence electrons. The molecule has 0 aliphatic heterocycles. The molecule has 0 saturated carbocycles. The maximum atomic E-state index is 11.8. The molecule has 2 nitrogen and oxygen atoms in total. The fourth-order valence-electron chi connectivity index (χ4n) is 1.96. The number of hydrogen-bond donors (Lipinski definition) is 1. The molecule has 2 heteroatoms. The van der Waals surface area contributed by atoms with Gasteiger partial charge >= 0.3 is 0 Å². The molecule has 0 unspecified atom stereocenters. The number of nitrogens with one attached hydrogen (secondary N) is 1. The Bertz CT molecular complexity index is 573. The molecule has 0 heterocycles. The van der Waals surface area contributed by atoms with Crippen molar-refractivity contribution in [2.75, 3.05) is 5.32 Å². The SMILES string of the molecule is C/C(=C/c1ccccc1)CCC(=O)Nc1ccccc1. The summed E-state index contributed by atoms with van der Waals surface area (Å²) in [5.41, 5.74) is 3.23. The Morgan fingerprint density at radius 1 is 0.950 bits per heavy atom. The zero-order chi connectivity index (χ0) is 14.2. The first-order valence-corrected chi connectivity index (χ1v) is 6.81. The zero-order valence-corrected chi connectivity index (χ0v) is 11.7. The van der Waals surface area contributed by atoms with Crippen LogP contribution >= 0.6 is 0 Å². The van der Waals surface area contributed by atoms with Gasteiger partial charge in [-0.25, -0.2) is 0 Å². The monoisotopic (exact) mass is 265 g/mol. The first-order chi connectivity index (χ1) is 9.74. The smallest absolute Gasteiger partial charge is 0.224 e. The number of rotatable bonds is 5. The maximum Gasteiger partial charge on any atom is 0.224 e. The highest BCUT2D eigenvalue weighted by molar-refractivity contribution is 5.90. The lowest BCUT2D eigenvalue weighted by Crippen LogP contribution is -2.10. The number of carbonyl (C=O) groups excluding carboxylic acids is 1. The fourth-order valence-corrected chi connectivity index (χ4v) is 1.96. The van der Waals surface area contributed by atoms with Gasteiger partial charge in [0, 0.05) is 12.1 Å². The molecule has 2 rings (SSSR count). The van der Waals surface area contributed by atoms with Crippen molar-refractivity contribution >= 4 is 17.7 Å². The van der Waals surface area contributed by atoms with E-state index in [9.17, 15) is 4.79 Å². The lowest BCUT2D eigenvalue weighted by Gasteiger charge is -2.05.